The molecule has 2 aliphatic heterocycles. The molecule has 4 heterocycles. The van der Waals surface area contributed by atoms with Gasteiger partial charge in [-0.3, -0.25) is 19.8 Å². The van der Waals surface area contributed by atoms with Gasteiger partial charge in [-0.1, -0.05) is 60.7 Å². The molecular weight excluding hydrogens is 787 g/mol. The van der Waals surface area contributed by atoms with Gasteiger partial charge in [-0.15, -0.1) is 0 Å². The lowest BCUT2D eigenvalue weighted by Gasteiger charge is -2.40. The molecule has 15 nitrogen and oxygen atoms in total. The first-order valence-electron chi connectivity index (χ1n) is 19.8. The number of rotatable bonds is 14. The average molecular weight is 832 g/mol. The van der Waals surface area contributed by atoms with E-state index in [9.17, 15) is 28.4 Å². The Balaban J connectivity index is 1.02. The van der Waals surface area contributed by atoms with E-state index < -0.39 is 37.0 Å². The molecule has 2 saturated heterocycles. The smallest absolute Gasteiger partial charge is 0.293 e. The fourth-order valence-electron chi connectivity index (χ4n) is 7.77. The van der Waals surface area contributed by atoms with Gasteiger partial charge in [0, 0.05) is 81.9 Å². The number of benzene rings is 4. The van der Waals surface area contributed by atoms with Gasteiger partial charge < -0.3 is 29.8 Å². The van der Waals surface area contributed by atoms with Crippen LogP contribution in [0.25, 0.3) is 11.0 Å². The molecule has 16 heteroatoms. The number of aromatic nitrogens is 2. The van der Waals surface area contributed by atoms with E-state index in [1.54, 1.807) is 24.4 Å². The number of carbonyl (C=O) groups is 1. The molecule has 0 radical (unpaired) electrons. The molecule has 0 spiro atoms. The maximum absolute atomic E-state index is 13.9. The number of aliphatic hydroxyl groups is 1. The molecule has 1 amide bonds. The van der Waals surface area contributed by atoms with Gasteiger partial charge in [0.05, 0.1) is 21.6 Å². The van der Waals surface area contributed by atoms with Crippen LogP contribution in [0.15, 0.2) is 126 Å². The quantitative estimate of drug-likeness (QED) is 0.0711. The minimum absolute atomic E-state index is 0.0739. The Morgan fingerprint density at radius 1 is 0.933 bits per heavy atom. The molecular formula is C44H45N7O8S. The standard InChI is InChI=1S/C44H45N7O8S/c52-43(48-60(56,57)37-12-14-39(40(27-37)51(54)55)46-28-31-16-23-58-24-17-31)38-13-11-35(26-41(38)59-36-25-32-15-18-45-42(32)47-29-36)50-21-19-49(20-22-50)30-44(53,33-7-3-1-4-8-33)34-9-5-2-6-10-34/h1-15,18,25-27,29,31,46,53H,16-17,19-24,28,30H2,(H,45,47)(H,48,52). The summed E-state index contributed by atoms with van der Waals surface area (Å²) in [4.78, 5) is 36.6. The third-order valence-electron chi connectivity index (χ3n) is 11.1. The maximum Gasteiger partial charge on any atom is 0.293 e. The number of hydrogen-bond acceptors (Lipinski definition) is 12. The summed E-state index contributed by atoms with van der Waals surface area (Å²) in [7, 11) is -4.58. The molecule has 2 aliphatic rings. The van der Waals surface area contributed by atoms with Crippen molar-refractivity contribution in [3.63, 3.8) is 0 Å². The predicted molar refractivity (Wildman–Crippen MR) is 227 cm³/mol. The van der Waals surface area contributed by atoms with Gasteiger partial charge in [0.2, 0.25) is 0 Å². The van der Waals surface area contributed by atoms with Crippen molar-refractivity contribution in [1.82, 2.24) is 19.6 Å². The second-order valence-electron chi connectivity index (χ2n) is 15.0. The largest absolute Gasteiger partial charge is 0.455 e. The highest BCUT2D eigenvalue weighted by Gasteiger charge is 2.35. The van der Waals surface area contributed by atoms with E-state index in [0.29, 0.717) is 63.9 Å². The Kier molecular flexibility index (Phi) is 11.8. The van der Waals surface area contributed by atoms with Crippen molar-refractivity contribution in [2.75, 3.05) is 62.7 Å². The number of nitrogens with zero attached hydrogens (tertiary/aromatic N) is 4. The first kappa shape index (κ1) is 40.4. The molecule has 2 aromatic heterocycles. The van der Waals surface area contributed by atoms with E-state index in [4.69, 9.17) is 9.47 Å². The van der Waals surface area contributed by atoms with Crippen LogP contribution in [0.2, 0.25) is 0 Å². The zero-order valence-corrected chi connectivity index (χ0v) is 33.5. The highest BCUT2D eigenvalue weighted by molar-refractivity contribution is 7.90. The number of carbonyl (C=O) groups excluding carboxylic acids is 1. The SMILES string of the molecule is O=C(NS(=O)(=O)c1ccc(NCC2CCOCC2)c([N+](=O)[O-])c1)c1ccc(N2CCN(CC(O)(c3ccccc3)c3ccccc3)CC2)cc1Oc1cnc2[nH]ccc2c1. The van der Waals surface area contributed by atoms with Crippen molar-refractivity contribution >= 4 is 44.0 Å². The van der Waals surface area contributed by atoms with Crippen molar-refractivity contribution < 1.29 is 32.7 Å². The average Bonchev–Trinajstić information content (AvgIpc) is 3.75. The summed E-state index contributed by atoms with van der Waals surface area (Å²) in [5.74, 6) is -0.315. The zero-order valence-electron chi connectivity index (χ0n) is 32.7. The number of fused-ring (bicyclic) bond motifs is 1. The number of hydrogen-bond donors (Lipinski definition) is 4. The summed E-state index contributed by atoms with van der Waals surface area (Å²) < 4.78 is 41.1. The summed E-state index contributed by atoms with van der Waals surface area (Å²) in [6.07, 6.45) is 4.87. The number of amides is 1. The molecule has 6 aromatic rings. The van der Waals surface area contributed by atoms with Crippen molar-refractivity contribution in [2.45, 2.75) is 23.3 Å². The van der Waals surface area contributed by atoms with Crippen LogP contribution in [0.4, 0.5) is 17.1 Å². The lowest BCUT2D eigenvalue weighted by Crippen LogP contribution is -2.51. The molecule has 4 aromatic carbocycles. The number of ether oxygens (including phenoxy) is 2. The van der Waals surface area contributed by atoms with Gasteiger partial charge in [0.1, 0.15) is 28.4 Å². The maximum atomic E-state index is 13.9. The molecule has 4 N–H and O–H groups in total. The van der Waals surface area contributed by atoms with Crippen molar-refractivity contribution in [2.24, 2.45) is 5.92 Å². The molecule has 0 saturated carbocycles. The van der Waals surface area contributed by atoms with Crippen LogP contribution in [0.3, 0.4) is 0 Å². The lowest BCUT2D eigenvalue weighted by atomic mass is 9.85. The van der Waals surface area contributed by atoms with Crippen LogP contribution in [-0.2, 0) is 20.4 Å². The number of pyridine rings is 1. The number of aromatic amines is 1. The van der Waals surface area contributed by atoms with Crippen molar-refractivity contribution in [1.29, 1.82) is 0 Å². The van der Waals surface area contributed by atoms with Crippen LogP contribution < -0.4 is 19.7 Å². The molecule has 0 aliphatic carbocycles. The molecule has 310 valence electrons. The summed E-state index contributed by atoms with van der Waals surface area (Å²) in [6.45, 7) is 4.53. The van der Waals surface area contributed by atoms with E-state index >= 15 is 0 Å². The van der Waals surface area contributed by atoms with Crippen LogP contribution in [0, 0.1) is 16.0 Å². The Morgan fingerprint density at radius 2 is 1.63 bits per heavy atom. The number of β-amino-alcohol motifs (C(OH)–C–C–N with tert-alkyl or cyclic N) is 1. The van der Waals surface area contributed by atoms with Crippen molar-refractivity contribution in [3.8, 4) is 11.5 Å². The first-order chi connectivity index (χ1) is 29.1. The highest BCUT2D eigenvalue weighted by atomic mass is 32.2. The highest BCUT2D eigenvalue weighted by Crippen LogP contribution is 2.35. The number of nitrogens with one attached hydrogen (secondary N) is 3. The second-order valence-corrected chi connectivity index (χ2v) is 16.7. The van der Waals surface area contributed by atoms with Gasteiger partial charge in [0.25, 0.3) is 21.6 Å². The van der Waals surface area contributed by atoms with Crippen molar-refractivity contribution in [3.05, 3.63) is 148 Å². The van der Waals surface area contributed by atoms with Gasteiger partial charge in [-0.25, -0.2) is 18.1 Å². The Labute approximate surface area is 347 Å². The zero-order chi connectivity index (χ0) is 41.7. The van der Waals surface area contributed by atoms with Crippen LogP contribution in [-0.4, -0.2) is 91.7 Å². The molecule has 0 unspecified atom stereocenters. The number of piperazine rings is 1. The van der Waals surface area contributed by atoms with E-state index in [2.05, 4.69) is 29.8 Å². The number of H-pyrrole nitrogens is 1. The van der Waals surface area contributed by atoms with E-state index in [1.165, 1.54) is 24.4 Å². The summed E-state index contributed by atoms with van der Waals surface area (Å²) in [5, 5.41) is 28.1. The Morgan fingerprint density at radius 3 is 2.32 bits per heavy atom. The number of nitro groups is 1. The molecule has 8 rings (SSSR count). The molecule has 0 bridgehead atoms. The molecule has 60 heavy (non-hydrogen) atoms. The van der Waals surface area contributed by atoms with Gasteiger partial charge in [-0.05, 0) is 66.3 Å². The lowest BCUT2D eigenvalue weighted by molar-refractivity contribution is -0.384. The van der Waals surface area contributed by atoms with Crippen LogP contribution >= 0.6 is 0 Å². The summed E-state index contributed by atoms with van der Waals surface area (Å²) in [6, 6.07) is 31.3. The minimum Gasteiger partial charge on any atom is -0.455 e. The monoisotopic (exact) mass is 831 g/mol. The van der Waals surface area contributed by atoms with Gasteiger partial charge >= 0.3 is 0 Å². The van der Waals surface area contributed by atoms with Gasteiger partial charge in [-0.2, -0.15) is 0 Å². The number of nitro benzene ring substituents is 1. The topological polar surface area (TPSA) is 192 Å². The van der Waals surface area contributed by atoms with E-state index in [-0.39, 0.29) is 22.9 Å². The number of sulfonamides is 1. The summed E-state index contributed by atoms with van der Waals surface area (Å²) in [5.41, 5.74) is 1.43. The Bertz CT molecular complexity index is 2540. The normalized spacial score (nSPS) is 15.4. The Hall–Kier alpha value is -6.33. The first-order valence-corrected chi connectivity index (χ1v) is 21.3. The van der Waals surface area contributed by atoms with Gasteiger partial charge in [0.15, 0.2) is 0 Å². The van der Waals surface area contributed by atoms with E-state index in [1.807, 2.05) is 66.7 Å². The molecule has 2 fully saturated rings. The van der Waals surface area contributed by atoms with Crippen LogP contribution in [0.5, 0.6) is 11.5 Å². The minimum atomic E-state index is -4.58. The fourth-order valence-corrected chi connectivity index (χ4v) is 8.75. The van der Waals surface area contributed by atoms with E-state index in [0.717, 1.165) is 41.1 Å². The summed E-state index contributed by atoms with van der Waals surface area (Å²) >= 11 is 0. The number of anilines is 2. The predicted octanol–water partition coefficient (Wildman–Crippen LogP) is 6.28. The fraction of sp³-hybridized carbons (Fsp3) is 0.273. The second kappa shape index (κ2) is 17.5. The third-order valence-corrected chi connectivity index (χ3v) is 12.5. The third kappa shape index (κ3) is 8.96. The van der Waals surface area contributed by atoms with Crippen LogP contribution in [0.1, 0.15) is 34.3 Å². The molecule has 0 atom stereocenters.